The fraction of sp³-hybridized carbons (Fsp3) is 0. The Hall–Kier alpha value is -1.57. The third-order valence-corrected chi connectivity index (χ3v) is 4.29. The van der Waals surface area contributed by atoms with Gasteiger partial charge in [0, 0.05) is 0 Å². The van der Waals surface area contributed by atoms with Crippen molar-refractivity contribution in [2.45, 2.75) is 0 Å². The van der Waals surface area contributed by atoms with Crippen LogP contribution in [0.25, 0.3) is 20.9 Å². The molecule has 3 heteroatoms. The van der Waals surface area contributed by atoms with Crippen LogP contribution >= 0.6 is 0 Å². The predicted octanol–water partition coefficient (Wildman–Crippen LogP) is 2.54. The number of nitrogens with two attached hydrogens (primary N) is 1. The molecule has 0 spiro atoms. The monoisotopic (exact) mass is 274 g/mol. The van der Waals surface area contributed by atoms with E-state index in [2.05, 4.69) is 47.4 Å². The molecule has 3 aromatic rings. The molecule has 16 heavy (non-hydrogen) atoms. The molecule has 2 aromatic carbocycles. The Morgan fingerprint density at radius 3 is 2.56 bits per heavy atom. The summed E-state index contributed by atoms with van der Waals surface area (Å²) >= 11 is 0.208. The molecule has 0 saturated heterocycles. The summed E-state index contributed by atoms with van der Waals surface area (Å²) in [7, 11) is 0. The van der Waals surface area contributed by atoms with E-state index >= 15 is 0 Å². The van der Waals surface area contributed by atoms with E-state index in [1.165, 1.54) is 15.4 Å². The van der Waals surface area contributed by atoms with Crippen LogP contribution in [-0.4, -0.2) is 19.5 Å². The zero-order valence-corrected chi connectivity index (χ0v) is 10.3. The fourth-order valence-electron chi connectivity index (χ4n) is 1.75. The van der Waals surface area contributed by atoms with Crippen molar-refractivity contribution in [2.75, 3.05) is 5.73 Å². The van der Waals surface area contributed by atoms with Crippen molar-refractivity contribution in [3.05, 3.63) is 48.5 Å². The van der Waals surface area contributed by atoms with E-state index in [4.69, 9.17) is 5.73 Å². The quantitative estimate of drug-likeness (QED) is 0.692. The molecular formula is C13H10N2Se. The van der Waals surface area contributed by atoms with Crippen LogP contribution in [0.2, 0.25) is 0 Å². The summed E-state index contributed by atoms with van der Waals surface area (Å²) in [5, 5.41) is 0. The summed E-state index contributed by atoms with van der Waals surface area (Å²) in [6, 6.07) is 16.7. The van der Waals surface area contributed by atoms with Crippen molar-refractivity contribution < 1.29 is 0 Å². The van der Waals surface area contributed by atoms with Gasteiger partial charge in [-0.2, -0.15) is 0 Å². The van der Waals surface area contributed by atoms with Crippen molar-refractivity contribution in [3.63, 3.8) is 0 Å². The first kappa shape index (κ1) is 9.64. The van der Waals surface area contributed by atoms with E-state index < -0.39 is 0 Å². The molecule has 0 bridgehead atoms. The molecule has 1 aromatic heterocycles. The number of rotatable bonds is 1. The normalized spacial score (nSPS) is 10.8. The molecule has 0 saturated carbocycles. The SMILES string of the molecule is Nc1nc2ccc(-c3ccccc3)cc2[se]1. The van der Waals surface area contributed by atoms with E-state index in [1.807, 2.05) is 6.07 Å². The van der Waals surface area contributed by atoms with Crippen molar-refractivity contribution in [3.8, 4) is 11.1 Å². The number of hydrogen-bond acceptors (Lipinski definition) is 2. The first-order valence-corrected chi connectivity index (χ1v) is 6.76. The van der Waals surface area contributed by atoms with Gasteiger partial charge in [-0.25, -0.2) is 0 Å². The number of nitrogen functional groups attached to an aromatic ring is 1. The Morgan fingerprint density at radius 1 is 0.938 bits per heavy atom. The molecule has 0 atom stereocenters. The molecule has 0 aliphatic heterocycles. The second kappa shape index (κ2) is 3.78. The molecule has 78 valence electrons. The van der Waals surface area contributed by atoms with E-state index in [9.17, 15) is 0 Å². The van der Waals surface area contributed by atoms with Gasteiger partial charge in [0.1, 0.15) is 0 Å². The third kappa shape index (κ3) is 1.64. The maximum absolute atomic E-state index is 5.75. The van der Waals surface area contributed by atoms with E-state index in [1.54, 1.807) is 0 Å². The van der Waals surface area contributed by atoms with Gasteiger partial charge in [0.2, 0.25) is 0 Å². The first-order valence-electron chi connectivity index (χ1n) is 5.04. The summed E-state index contributed by atoms with van der Waals surface area (Å²) in [5.41, 5.74) is 9.27. The molecule has 1 heterocycles. The zero-order valence-electron chi connectivity index (χ0n) is 8.55. The van der Waals surface area contributed by atoms with Crippen LogP contribution in [0.1, 0.15) is 0 Å². The zero-order chi connectivity index (χ0) is 11.0. The Balaban J connectivity index is 2.18. The first-order chi connectivity index (χ1) is 7.83. The number of anilines is 1. The van der Waals surface area contributed by atoms with Gasteiger partial charge in [-0.3, -0.25) is 0 Å². The van der Waals surface area contributed by atoms with Gasteiger partial charge in [0.15, 0.2) is 0 Å². The van der Waals surface area contributed by atoms with Gasteiger partial charge in [0.25, 0.3) is 0 Å². The fourth-order valence-corrected chi connectivity index (χ4v) is 3.38. The number of aromatic nitrogens is 1. The van der Waals surface area contributed by atoms with Crippen molar-refractivity contribution in [1.29, 1.82) is 0 Å². The van der Waals surface area contributed by atoms with Gasteiger partial charge in [0.05, 0.1) is 0 Å². The van der Waals surface area contributed by atoms with Gasteiger partial charge in [-0.15, -0.1) is 0 Å². The average Bonchev–Trinajstić information content (AvgIpc) is 2.69. The maximum atomic E-state index is 5.75. The van der Waals surface area contributed by atoms with E-state index in [0.29, 0.717) is 0 Å². The van der Waals surface area contributed by atoms with E-state index in [0.717, 1.165) is 10.2 Å². The van der Waals surface area contributed by atoms with Crippen LogP contribution in [0.15, 0.2) is 48.5 Å². The van der Waals surface area contributed by atoms with Crippen molar-refractivity contribution in [1.82, 2.24) is 4.98 Å². The summed E-state index contributed by atoms with van der Waals surface area (Å²) in [6.07, 6.45) is 0. The van der Waals surface area contributed by atoms with Crippen LogP contribution in [0.3, 0.4) is 0 Å². The molecule has 0 unspecified atom stereocenters. The van der Waals surface area contributed by atoms with Crippen LogP contribution in [0.5, 0.6) is 0 Å². The Labute approximate surface area is 99.5 Å². The van der Waals surface area contributed by atoms with Crippen molar-refractivity contribution >= 4 is 29.0 Å². The van der Waals surface area contributed by atoms with Crippen LogP contribution in [0.4, 0.5) is 4.69 Å². The summed E-state index contributed by atoms with van der Waals surface area (Å²) in [6.45, 7) is 0. The molecule has 2 N–H and O–H groups in total. The standard InChI is InChI=1S/C13H10N2Se/c14-13-15-11-7-6-10(8-12(11)16-13)9-4-2-1-3-5-9/h1-8H,(H2,14,15). The number of nitrogens with zero attached hydrogens (tertiary/aromatic N) is 1. The minimum absolute atomic E-state index is 0.208. The van der Waals surface area contributed by atoms with Gasteiger partial charge >= 0.3 is 99.3 Å². The molecule has 0 radical (unpaired) electrons. The molecule has 0 aliphatic carbocycles. The van der Waals surface area contributed by atoms with Crippen LogP contribution in [0, 0.1) is 0 Å². The second-order valence-electron chi connectivity index (χ2n) is 3.60. The van der Waals surface area contributed by atoms with Gasteiger partial charge < -0.3 is 0 Å². The molecule has 3 rings (SSSR count). The third-order valence-electron chi connectivity index (χ3n) is 2.51. The topological polar surface area (TPSA) is 38.9 Å². The summed E-state index contributed by atoms with van der Waals surface area (Å²) in [5.74, 6) is 0. The van der Waals surface area contributed by atoms with Gasteiger partial charge in [-0.05, 0) is 0 Å². The number of fused-ring (bicyclic) bond motifs is 1. The second-order valence-corrected chi connectivity index (χ2v) is 5.83. The Bertz CT molecular complexity index is 629. The molecule has 2 nitrogen and oxygen atoms in total. The van der Waals surface area contributed by atoms with Gasteiger partial charge in [-0.1, -0.05) is 0 Å². The number of hydrogen-bond donors (Lipinski definition) is 1. The molecule has 0 aliphatic rings. The van der Waals surface area contributed by atoms with E-state index in [-0.39, 0.29) is 14.5 Å². The Kier molecular flexibility index (Phi) is 2.28. The molecule has 0 amide bonds. The van der Waals surface area contributed by atoms with Crippen LogP contribution in [-0.2, 0) is 0 Å². The van der Waals surface area contributed by atoms with Crippen molar-refractivity contribution in [2.24, 2.45) is 0 Å². The average molecular weight is 273 g/mol. The predicted molar refractivity (Wildman–Crippen MR) is 68.5 cm³/mol. The Morgan fingerprint density at radius 2 is 1.75 bits per heavy atom. The minimum atomic E-state index is 0.208. The molecular weight excluding hydrogens is 263 g/mol. The van der Waals surface area contributed by atoms with Crippen LogP contribution < -0.4 is 5.73 Å². The summed E-state index contributed by atoms with van der Waals surface area (Å²) < 4.78 is 2.05. The number of benzene rings is 2. The molecule has 0 fully saturated rings. The summed E-state index contributed by atoms with van der Waals surface area (Å²) in [4.78, 5) is 4.31.